The van der Waals surface area contributed by atoms with Crippen LogP contribution in [0, 0.1) is 0 Å². The molecule has 0 spiro atoms. The van der Waals surface area contributed by atoms with Crippen LogP contribution in [-0.4, -0.2) is 67.3 Å². The van der Waals surface area contributed by atoms with Crippen LogP contribution in [-0.2, 0) is 13.0 Å². The topological polar surface area (TPSA) is 66.1 Å². The van der Waals surface area contributed by atoms with Crippen molar-refractivity contribution >= 4 is 29.9 Å². The minimum atomic E-state index is 0. The number of nitrogens with one attached hydrogen (secondary N) is 1. The van der Waals surface area contributed by atoms with Crippen LogP contribution >= 0.6 is 24.0 Å². The van der Waals surface area contributed by atoms with Crippen LogP contribution in [0.5, 0.6) is 5.75 Å². The summed E-state index contributed by atoms with van der Waals surface area (Å²) in [6, 6.07) is 10.2. The molecule has 160 valence electrons. The number of guanidine groups is 1. The van der Waals surface area contributed by atoms with E-state index < -0.39 is 0 Å². The molecule has 0 atom stereocenters. The predicted molar refractivity (Wildman–Crippen MR) is 126 cm³/mol. The highest BCUT2D eigenvalue weighted by Gasteiger charge is 2.20. The largest absolute Gasteiger partial charge is 0.497 e. The molecule has 2 aromatic rings. The van der Waals surface area contributed by atoms with Crippen LogP contribution in [0.15, 0.2) is 46.1 Å². The van der Waals surface area contributed by atoms with Crippen molar-refractivity contribution in [3.8, 4) is 5.75 Å². The summed E-state index contributed by atoms with van der Waals surface area (Å²) in [6.07, 6.45) is 3.66. The second kappa shape index (κ2) is 12.7. The van der Waals surface area contributed by atoms with Gasteiger partial charge >= 0.3 is 0 Å². The molecule has 1 aliphatic rings. The second-order valence-electron chi connectivity index (χ2n) is 6.94. The summed E-state index contributed by atoms with van der Waals surface area (Å²) >= 11 is 0. The van der Waals surface area contributed by atoms with E-state index in [4.69, 9.17) is 14.3 Å². The Morgan fingerprint density at radius 1 is 1.24 bits per heavy atom. The van der Waals surface area contributed by atoms with E-state index in [2.05, 4.69) is 39.3 Å². The first kappa shape index (κ1) is 23.5. The Morgan fingerprint density at radius 3 is 2.76 bits per heavy atom. The average Bonchev–Trinajstić information content (AvgIpc) is 3.24. The lowest BCUT2D eigenvalue weighted by Crippen LogP contribution is -2.52. The highest BCUT2D eigenvalue weighted by molar-refractivity contribution is 14.0. The third-order valence-electron chi connectivity index (χ3n) is 4.90. The zero-order chi connectivity index (χ0) is 19.6. The highest BCUT2D eigenvalue weighted by atomic mass is 127. The zero-order valence-electron chi connectivity index (χ0n) is 17.3. The molecule has 1 aromatic heterocycles. The number of rotatable bonds is 8. The molecule has 1 aromatic carbocycles. The molecule has 1 N–H and O–H groups in total. The van der Waals surface area contributed by atoms with E-state index in [1.165, 1.54) is 5.56 Å². The van der Waals surface area contributed by atoms with Gasteiger partial charge in [0.2, 0.25) is 0 Å². The van der Waals surface area contributed by atoms with Gasteiger partial charge in [0.05, 0.1) is 12.8 Å². The van der Waals surface area contributed by atoms with E-state index >= 15 is 0 Å². The third kappa shape index (κ3) is 7.50. The summed E-state index contributed by atoms with van der Waals surface area (Å²) in [5.74, 6) is 1.94. The Morgan fingerprint density at radius 2 is 2.07 bits per heavy atom. The van der Waals surface area contributed by atoms with Gasteiger partial charge in [-0.3, -0.25) is 9.89 Å². The van der Waals surface area contributed by atoms with Crippen molar-refractivity contribution < 1.29 is 9.26 Å². The summed E-state index contributed by atoms with van der Waals surface area (Å²) in [5, 5.41) is 7.45. The van der Waals surface area contributed by atoms with E-state index in [9.17, 15) is 0 Å². The first-order valence-electron chi connectivity index (χ1n) is 10.1. The van der Waals surface area contributed by atoms with E-state index in [0.717, 1.165) is 76.1 Å². The molecule has 0 bridgehead atoms. The lowest BCUT2D eigenvalue weighted by atomic mass is 10.1. The molecule has 0 aliphatic carbocycles. The molecule has 1 aliphatic heterocycles. The summed E-state index contributed by atoms with van der Waals surface area (Å²) in [6.45, 7) is 8.61. The molecule has 0 radical (unpaired) electrons. The molecule has 3 rings (SSSR count). The molecule has 1 fully saturated rings. The van der Waals surface area contributed by atoms with Crippen molar-refractivity contribution in [1.29, 1.82) is 0 Å². The molecule has 0 amide bonds. The van der Waals surface area contributed by atoms with Gasteiger partial charge in [0.1, 0.15) is 12.0 Å². The van der Waals surface area contributed by atoms with Crippen LogP contribution in [0.1, 0.15) is 24.6 Å². The van der Waals surface area contributed by atoms with Gasteiger partial charge in [0.15, 0.2) is 5.96 Å². The highest BCUT2D eigenvalue weighted by Crippen LogP contribution is 2.14. The van der Waals surface area contributed by atoms with Crippen molar-refractivity contribution in [3.05, 3.63) is 47.9 Å². The number of aromatic nitrogens is 1. The lowest BCUT2D eigenvalue weighted by molar-refractivity contribution is 0.169. The molecule has 8 heteroatoms. The van der Waals surface area contributed by atoms with Gasteiger partial charge in [-0.2, -0.15) is 0 Å². The smallest absolute Gasteiger partial charge is 0.194 e. The fourth-order valence-corrected chi connectivity index (χ4v) is 3.39. The second-order valence-corrected chi connectivity index (χ2v) is 6.94. The minimum absolute atomic E-state index is 0. The van der Waals surface area contributed by atoms with Crippen molar-refractivity contribution in [2.75, 3.05) is 46.4 Å². The first-order chi connectivity index (χ1) is 13.8. The van der Waals surface area contributed by atoms with Gasteiger partial charge in [-0.1, -0.05) is 17.3 Å². The van der Waals surface area contributed by atoms with E-state index in [-0.39, 0.29) is 24.0 Å². The molecule has 0 saturated carbocycles. The molecule has 29 heavy (non-hydrogen) atoms. The van der Waals surface area contributed by atoms with E-state index in [1.54, 1.807) is 13.4 Å². The van der Waals surface area contributed by atoms with E-state index in [0.29, 0.717) is 0 Å². The SMILES string of the molecule is CCNC(=NCCCc1cccc(OC)c1)N1CCN(Cc2ccon2)CC1.I. The van der Waals surface area contributed by atoms with Crippen molar-refractivity contribution in [2.24, 2.45) is 4.99 Å². The summed E-state index contributed by atoms with van der Waals surface area (Å²) in [5.41, 5.74) is 2.28. The third-order valence-corrected chi connectivity index (χ3v) is 4.90. The van der Waals surface area contributed by atoms with Gasteiger partial charge < -0.3 is 19.5 Å². The Balaban J connectivity index is 0.00000300. The fraction of sp³-hybridized carbons (Fsp3) is 0.524. The van der Waals surface area contributed by atoms with Crippen molar-refractivity contribution in [3.63, 3.8) is 0 Å². The molecule has 1 saturated heterocycles. The Kier molecular flexibility index (Phi) is 10.3. The zero-order valence-corrected chi connectivity index (χ0v) is 19.7. The summed E-state index contributed by atoms with van der Waals surface area (Å²) < 4.78 is 10.2. The van der Waals surface area contributed by atoms with Crippen LogP contribution in [0.2, 0.25) is 0 Å². The van der Waals surface area contributed by atoms with Crippen molar-refractivity contribution in [1.82, 2.24) is 20.3 Å². The Bertz CT molecular complexity index is 730. The Labute approximate surface area is 190 Å². The number of methoxy groups -OCH3 is 1. The van der Waals surface area contributed by atoms with Gasteiger partial charge in [0, 0.05) is 51.9 Å². The Hall–Kier alpha value is -1.81. The number of benzene rings is 1. The molecule has 0 unspecified atom stereocenters. The fourth-order valence-electron chi connectivity index (χ4n) is 3.39. The molecular formula is C21H32IN5O2. The molecule has 7 nitrogen and oxygen atoms in total. The van der Waals surface area contributed by atoms with Gasteiger partial charge in [0.25, 0.3) is 0 Å². The number of hydrogen-bond donors (Lipinski definition) is 1. The molecule has 2 heterocycles. The predicted octanol–water partition coefficient (Wildman–Crippen LogP) is 3.02. The van der Waals surface area contributed by atoms with Crippen LogP contribution in [0.25, 0.3) is 0 Å². The van der Waals surface area contributed by atoms with Gasteiger partial charge in [-0.25, -0.2) is 0 Å². The normalized spacial score (nSPS) is 15.1. The maximum absolute atomic E-state index is 5.29. The summed E-state index contributed by atoms with van der Waals surface area (Å²) in [4.78, 5) is 9.61. The number of nitrogens with zero attached hydrogens (tertiary/aromatic N) is 4. The molecular weight excluding hydrogens is 481 g/mol. The number of piperazine rings is 1. The average molecular weight is 513 g/mol. The monoisotopic (exact) mass is 513 g/mol. The number of aryl methyl sites for hydroxylation is 1. The van der Waals surface area contributed by atoms with E-state index in [1.807, 2.05) is 18.2 Å². The number of hydrogen-bond acceptors (Lipinski definition) is 5. The van der Waals surface area contributed by atoms with Crippen molar-refractivity contribution in [2.45, 2.75) is 26.3 Å². The van der Waals surface area contributed by atoms with Crippen LogP contribution < -0.4 is 10.1 Å². The van der Waals surface area contributed by atoms with Crippen LogP contribution in [0.4, 0.5) is 0 Å². The maximum atomic E-state index is 5.29. The standard InChI is InChI=1S/C21H31N5O2.HI/c1-3-22-21(23-10-5-7-18-6-4-8-20(16-18)27-2)26-13-11-25(12-14-26)17-19-9-15-28-24-19;/h4,6,8-9,15-16H,3,5,7,10-14,17H2,1-2H3,(H,22,23);1H. The summed E-state index contributed by atoms with van der Waals surface area (Å²) in [7, 11) is 1.71. The van der Waals surface area contributed by atoms with Crippen LogP contribution in [0.3, 0.4) is 0 Å². The van der Waals surface area contributed by atoms with Gasteiger partial charge in [-0.05, 0) is 37.5 Å². The number of halogens is 1. The maximum Gasteiger partial charge on any atom is 0.194 e. The quantitative estimate of drug-likeness (QED) is 0.254. The number of ether oxygens (including phenoxy) is 1. The van der Waals surface area contributed by atoms with Gasteiger partial charge in [-0.15, -0.1) is 24.0 Å². The minimum Gasteiger partial charge on any atom is -0.497 e. The number of aliphatic imine (C=N–C) groups is 1. The lowest BCUT2D eigenvalue weighted by Gasteiger charge is -2.36. The first-order valence-corrected chi connectivity index (χ1v) is 10.1.